The van der Waals surface area contributed by atoms with E-state index in [0.717, 1.165) is 24.8 Å². The minimum Gasteiger partial charge on any atom is -0.462 e. The Hall–Kier alpha value is -2.49. The summed E-state index contributed by atoms with van der Waals surface area (Å²) in [6.45, 7) is 14.1. The highest BCUT2D eigenvalue weighted by Crippen LogP contribution is 2.37. The van der Waals surface area contributed by atoms with Crippen LogP contribution in [0.3, 0.4) is 0 Å². The van der Waals surface area contributed by atoms with Gasteiger partial charge in [0.2, 0.25) is 0 Å². The minimum absolute atomic E-state index is 0.0368. The zero-order chi connectivity index (χ0) is 31.0. The number of aliphatic hydroxyl groups is 2. The van der Waals surface area contributed by atoms with Crippen molar-refractivity contribution in [1.82, 2.24) is 0 Å². The standard InChI is InChI=1S/C32H50O9/c1-9-26(38-23(5)33)22(4)27-15-17-31(7,41-27)16-10-11-20(2)30-21(3)12-13-28(39-24(6)34)32(8,37)18-14-25(35)19-29(36)40-30/h10-13,16,21-22,25-28,30,35,37H,9,14-15,17-19H2,1-8H3/b13-12-,16-10+,20-11+. The van der Waals surface area contributed by atoms with Gasteiger partial charge in [-0.1, -0.05) is 45.1 Å². The van der Waals surface area contributed by atoms with E-state index in [1.165, 1.54) is 13.8 Å². The Kier molecular flexibility index (Phi) is 12.8. The molecule has 41 heavy (non-hydrogen) atoms. The second kappa shape index (κ2) is 15.1. The maximum absolute atomic E-state index is 12.7. The summed E-state index contributed by atoms with van der Waals surface area (Å²) in [5.41, 5.74) is -1.14. The van der Waals surface area contributed by atoms with Gasteiger partial charge in [-0.15, -0.1) is 0 Å². The van der Waals surface area contributed by atoms with Crippen LogP contribution in [-0.2, 0) is 33.3 Å². The lowest BCUT2D eigenvalue weighted by atomic mass is 9.88. The third-order valence-electron chi connectivity index (χ3n) is 8.11. The van der Waals surface area contributed by atoms with Gasteiger partial charge in [0.1, 0.15) is 23.9 Å². The summed E-state index contributed by atoms with van der Waals surface area (Å²) in [4.78, 5) is 35.9. The molecule has 0 aromatic carbocycles. The van der Waals surface area contributed by atoms with Gasteiger partial charge in [-0.3, -0.25) is 14.4 Å². The van der Waals surface area contributed by atoms with Crippen molar-refractivity contribution in [2.45, 2.75) is 136 Å². The molecule has 0 aromatic rings. The maximum atomic E-state index is 12.7. The number of carbonyl (C=O) groups is 3. The van der Waals surface area contributed by atoms with Gasteiger partial charge < -0.3 is 29.2 Å². The largest absolute Gasteiger partial charge is 0.462 e. The Morgan fingerprint density at radius 1 is 1.15 bits per heavy atom. The summed E-state index contributed by atoms with van der Waals surface area (Å²) in [5, 5.41) is 21.4. The van der Waals surface area contributed by atoms with Crippen LogP contribution in [0.4, 0.5) is 0 Å². The first-order valence-electron chi connectivity index (χ1n) is 14.7. The summed E-state index contributed by atoms with van der Waals surface area (Å²) in [5.74, 6) is -1.60. The fraction of sp³-hybridized carbons (Fsp3) is 0.719. The molecule has 9 heteroatoms. The molecule has 0 bridgehead atoms. The first kappa shape index (κ1) is 34.7. The van der Waals surface area contributed by atoms with Crippen LogP contribution in [0.1, 0.15) is 93.9 Å². The predicted octanol–water partition coefficient (Wildman–Crippen LogP) is 4.74. The van der Waals surface area contributed by atoms with Crippen molar-refractivity contribution in [1.29, 1.82) is 0 Å². The summed E-state index contributed by atoms with van der Waals surface area (Å²) >= 11 is 0. The van der Waals surface area contributed by atoms with Crippen molar-refractivity contribution in [2.75, 3.05) is 0 Å². The number of aliphatic hydroxyl groups excluding tert-OH is 1. The van der Waals surface area contributed by atoms with E-state index < -0.39 is 41.5 Å². The SMILES string of the molecule is CCC(OC(C)=O)C(C)C1CCC(C)(/C=C/C=C(\C)C2OC(=O)CC(O)CCC(C)(O)C(OC(C)=O)/C=C\C2C)O1. The molecule has 9 nitrogen and oxygen atoms in total. The molecule has 2 rings (SSSR count). The Labute approximate surface area is 244 Å². The van der Waals surface area contributed by atoms with Gasteiger partial charge in [-0.25, -0.2) is 0 Å². The highest BCUT2D eigenvalue weighted by molar-refractivity contribution is 5.70. The van der Waals surface area contributed by atoms with Crippen molar-refractivity contribution < 1.29 is 43.5 Å². The highest BCUT2D eigenvalue weighted by Gasteiger charge is 2.39. The smallest absolute Gasteiger partial charge is 0.309 e. The van der Waals surface area contributed by atoms with Crippen LogP contribution in [-0.4, -0.2) is 69.8 Å². The fourth-order valence-corrected chi connectivity index (χ4v) is 5.53. The minimum atomic E-state index is -1.42. The molecule has 2 heterocycles. The normalized spacial score (nSPS) is 36.0. The topological polar surface area (TPSA) is 129 Å². The van der Waals surface area contributed by atoms with E-state index in [1.54, 1.807) is 19.1 Å². The second-order valence-electron chi connectivity index (χ2n) is 12.1. The molecule has 1 saturated heterocycles. The lowest BCUT2D eigenvalue weighted by molar-refractivity contribution is -0.157. The molecule has 9 unspecified atom stereocenters. The molecule has 9 atom stereocenters. The molecule has 0 spiro atoms. The first-order valence-corrected chi connectivity index (χ1v) is 14.7. The monoisotopic (exact) mass is 578 g/mol. The number of ether oxygens (including phenoxy) is 4. The number of rotatable bonds is 8. The summed E-state index contributed by atoms with van der Waals surface area (Å²) in [6, 6.07) is 0. The van der Waals surface area contributed by atoms with E-state index in [0.29, 0.717) is 0 Å². The van der Waals surface area contributed by atoms with Crippen LogP contribution in [0.2, 0.25) is 0 Å². The Bertz CT molecular complexity index is 997. The van der Waals surface area contributed by atoms with Gasteiger partial charge in [0, 0.05) is 25.7 Å². The van der Waals surface area contributed by atoms with Crippen molar-refractivity contribution in [3.8, 4) is 0 Å². The number of cyclic esters (lactones) is 1. The van der Waals surface area contributed by atoms with Gasteiger partial charge in [0.25, 0.3) is 0 Å². The van der Waals surface area contributed by atoms with Gasteiger partial charge in [0.15, 0.2) is 0 Å². The Morgan fingerprint density at radius 3 is 2.44 bits per heavy atom. The predicted molar refractivity (Wildman–Crippen MR) is 155 cm³/mol. The highest BCUT2D eigenvalue weighted by atomic mass is 16.6. The van der Waals surface area contributed by atoms with E-state index in [-0.39, 0.29) is 49.3 Å². The molecular weight excluding hydrogens is 528 g/mol. The molecule has 0 aliphatic carbocycles. The van der Waals surface area contributed by atoms with E-state index in [9.17, 15) is 24.6 Å². The third-order valence-corrected chi connectivity index (χ3v) is 8.11. The number of esters is 3. The number of hydrogen-bond donors (Lipinski definition) is 2. The van der Waals surface area contributed by atoms with Crippen molar-refractivity contribution in [3.63, 3.8) is 0 Å². The Balaban J connectivity index is 2.22. The fourth-order valence-electron chi connectivity index (χ4n) is 5.53. The van der Waals surface area contributed by atoms with Crippen molar-refractivity contribution in [3.05, 3.63) is 36.0 Å². The first-order chi connectivity index (χ1) is 19.1. The van der Waals surface area contributed by atoms with E-state index >= 15 is 0 Å². The zero-order valence-corrected chi connectivity index (χ0v) is 25.9. The van der Waals surface area contributed by atoms with Gasteiger partial charge in [-0.05, 0) is 64.5 Å². The second-order valence-corrected chi connectivity index (χ2v) is 12.1. The molecule has 232 valence electrons. The van der Waals surface area contributed by atoms with Crippen LogP contribution >= 0.6 is 0 Å². The van der Waals surface area contributed by atoms with E-state index in [4.69, 9.17) is 18.9 Å². The molecule has 1 fully saturated rings. The van der Waals surface area contributed by atoms with Crippen LogP contribution in [0.15, 0.2) is 36.0 Å². The summed E-state index contributed by atoms with van der Waals surface area (Å²) in [7, 11) is 0. The van der Waals surface area contributed by atoms with E-state index in [1.807, 2.05) is 45.9 Å². The van der Waals surface area contributed by atoms with Gasteiger partial charge in [0.05, 0.1) is 24.2 Å². The maximum Gasteiger partial charge on any atom is 0.309 e. The number of allylic oxidation sites excluding steroid dienone is 2. The molecular formula is C32H50O9. The number of hydrogen-bond acceptors (Lipinski definition) is 9. The lowest BCUT2D eigenvalue weighted by Crippen LogP contribution is -2.42. The van der Waals surface area contributed by atoms with Gasteiger partial charge in [-0.2, -0.15) is 0 Å². The van der Waals surface area contributed by atoms with Crippen LogP contribution < -0.4 is 0 Å². The van der Waals surface area contributed by atoms with Crippen LogP contribution in [0.5, 0.6) is 0 Å². The number of carbonyl (C=O) groups excluding carboxylic acids is 3. The summed E-state index contributed by atoms with van der Waals surface area (Å²) in [6.07, 6.45) is 8.82. The quantitative estimate of drug-likeness (QED) is 0.182. The third kappa shape index (κ3) is 10.7. The molecule has 0 amide bonds. The zero-order valence-electron chi connectivity index (χ0n) is 25.9. The molecule has 2 aliphatic rings. The average molecular weight is 579 g/mol. The molecule has 0 radical (unpaired) electrons. The van der Waals surface area contributed by atoms with Crippen molar-refractivity contribution >= 4 is 17.9 Å². The average Bonchev–Trinajstić information content (AvgIpc) is 3.27. The molecule has 2 N–H and O–H groups in total. The van der Waals surface area contributed by atoms with E-state index in [2.05, 4.69) is 6.92 Å². The molecule has 0 aromatic heterocycles. The van der Waals surface area contributed by atoms with Crippen LogP contribution in [0.25, 0.3) is 0 Å². The van der Waals surface area contributed by atoms with Crippen LogP contribution in [0, 0.1) is 11.8 Å². The molecule has 2 aliphatic heterocycles. The van der Waals surface area contributed by atoms with Crippen molar-refractivity contribution in [2.24, 2.45) is 11.8 Å². The summed E-state index contributed by atoms with van der Waals surface area (Å²) < 4.78 is 23.1. The lowest BCUT2D eigenvalue weighted by Gasteiger charge is -2.32. The van der Waals surface area contributed by atoms with Gasteiger partial charge >= 0.3 is 17.9 Å². The Morgan fingerprint density at radius 2 is 1.83 bits per heavy atom. The molecule has 0 saturated carbocycles.